The monoisotopic (exact) mass is 401 g/mol. The molecule has 0 radical (unpaired) electrons. The second kappa shape index (κ2) is 7.27. The van der Waals surface area contributed by atoms with E-state index >= 15 is 0 Å². The number of nitrogens with zero attached hydrogens (tertiary/aromatic N) is 3. The molecule has 28 heavy (non-hydrogen) atoms. The van der Waals surface area contributed by atoms with Crippen LogP contribution in [-0.2, 0) is 0 Å². The van der Waals surface area contributed by atoms with Gasteiger partial charge in [-0.25, -0.2) is 9.50 Å². The summed E-state index contributed by atoms with van der Waals surface area (Å²) in [5, 5.41) is 5.53. The second-order valence-electron chi connectivity index (χ2n) is 7.69. The van der Waals surface area contributed by atoms with Crippen molar-refractivity contribution in [2.24, 2.45) is 0 Å². The van der Waals surface area contributed by atoms with Gasteiger partial charge < -0.3 is 0 Å². The van der Waals surface area contributed by atoms with Gasteiger partial charge in [-0.2, -0.15) is 5.10 Å². The zero-order valence-corrected chi connectivity index (χ0v) is 17.8. The number of benzene rings is 2. The van der Waals surface area contributed by atoms with Gasteiger partial charge in [0.15, 0.2) is 5.65 Å². The maximum absolute atomic E-state index is 6.07. The van der Waals surface area contributed by atoms with E-state index < -0.39 is 8.07 Å². The van der Waals surface area contributed by atoms with Crippen LogP contribution in [0, 0.1) is 11.5 Å². The van der Waals surface area contributed by atoms with Crippen molar-refractivity contribution in [3.63, 3.8) is 0 Å². The van der Waals surface area contributed by atoms with Crippen LogP contribution in [0.15, 0.2) is 66.9 Å². The van der Waals surface area contributed by atoms with Crippen molar-refractivity contribution in [2.45, 2.75) is 19.6 Å². The average molecular weight is 402 g/mol. The van der Waals surface area contributed by atoms with Crippen molar-refractivity contribution < 1.29 is 0 Å². The number of halogens is 1. The largest absolute Gasteiger partial charge is 0.236 e. The zero-order valence-electron chi connectivity index (χ0n) is 16.1. The molecule has 0 N–H and O–H groups in total. The fraction of sp³-hybridized carbons (Fsp3) is 0.130. The summed E-state index contributed by atoms with van der Waals surface area (Å²) in [6.07, 6.45) is 1.88. The first-order valence-corrected chi connectivity index (χ1v) is 13.0. The molecule has 0 unspecified atom stereocenters. The lowest BCUT2D eigenvalue weighted by Gasteiger charge is -2.08. The number of aromatic nitrogens is 3. The van der Waals surface area contributed by atoms with E-state index in [4.69, 9.17) is 16.7 Å². The standard InChI is InChI=1S/C23H20ClN3Si/c1-28(2,3)14-13-22-20(17-9-11-19(24)12-10-17)16-25-23-15-21(26-27(22)23)18-7-5-4-6-8-18/h4-12,15-16H,1-3H3. The van der Waals surface area contributed by atoms with Crippen molar-refractivity contribution in [3.8, 4) is 33.8 Å². The first-order valence-electron chi connectivity index (χ1n) is 9.14. The van der Waals surface area contributed by atoms with Gasteiger partial charge >= 0.3 is 0 Å². The Morgan fingerprint density at radius 1 is 0.929 bits per heavy atom. The van der Waals surface area contributed by atoms with Gasteiger partial charge in [0, 0.05) is 28.4 Å². The number of hydrogen-bond donors (Lipinski definition) is 0. The van der Waals surface area contributed by atoms with E-state index in [9.17, 15) is 0 Å². The summed E-state index contributed by atoms with van der Waals surface area (Å²) in [5.41, 5.74) is 9.05. The normalized spacial score (nSPS) is 11.3. The van der Waals surface area contributed by atoms with E-state index in [1.165, 1.54) is 0 Å². The fourth-order valence-electron chi connectivity index (χ4n) is 2.89. The highest BCUT2D eigenvalue weighted by atomic mass is 35.5. The highest BCUT2D eigenvalue weighted by Crippen LogP contribution is 2.27. The van der Waals surface area contributed by atoms with Crippen LogP contribution < -0.4 is 0 Å². The molecule has 0 saturated heterocycles. The third-order valence-electron chi connectivity index (χ3n) is 4.26. The van der Waals surface area contributed by atoms with Gasteiger partial charge in [-0.15, -0.1) is 5.54 Å². The Morgan fingerprint density at radius 2 is 1.64 bits per heavy atom. The van der Waals surface area contributed by atoms with Gasteiger partial charge in [0.25, 0.3) is 0 Å². The summed E-state index contributed by atoms with van der Waals surface area (Å²) < 4.78 is 1.86. The summed E-state index contributed by atoms with van der Waals surface area (Å²) in [7, 11) is -1.56. The number of rotatable bonds is 2. The zero-order chi connectivity index (χ0) is 19.7. The number of hydrogen-bond acceptors (Lipinski definition) is 2. The third-order valence-corrected chi connectivity index (χ3v) is 5.39. The lowest BCUT2D eigenvalue weighted by Crippen LogP contribution is -2.16. The van der Waals surface area contributed by atoms with Crippen LogP contribution in [0.3, 0.4) is 0 Å². The van der Waals surface area contributed by atoms with Crippen molar-refractivity contribution in [1.29, 1.82) is 0 Å². The van der Waals surface area contributed by atoms with Gasteiger partial charge in [-0.05, 0) is 17.7 Å². The van der Waals surface area contributed by atoms with E-state index in [1.807, 2.05) is 59.2 Å². The molecule has 0 aliphatic rings. The summed E-state index contributed by atoms with van der Waals surface area (Å²) in [5.74, 6) is 3.41. The predicted molar refractivity (Wildman–Crippen MR) is 119 cm³/mol. The Labute approximate surface area is 171 Å². The lowest BCUT2D eigenvalue weighted by atomic mass is 10.1. The average Bonchev–Trinajstić information content (AvgIpc) is 3.11. The molecule has 0 fully saturated rings. The van der Waals surface area contributed by atoms with Crippen molar-refractivity contribution in [1.82, 2.24) is 14.6 Å². The molecule has 0 aliphatic heterocycles. The highest BCUT2D eigenvalue weighted by molar-refractivity contribution is 6.83. The van der Waals surface area contributed by atoms with Crippen LogP contribution in [0.1, 0.15) is 5.69 Å². The minimum Gasteiger partial charge on any atom is -0.236 e. The molecular weight excluding hydrogens is 382 g/mol. The first kappa shape index (κ1) is 18.5. The molecule has 4 aromatic rings. The molecule has 2 aromatic carbocycles. The van der Waals surface area contributed by atoms with E-state index in [0.29, 0.717) is 5.02 Å². The Bertz CT molecular complexity index is 1190. The van der Waals surface area contributed by atoms with Crippen molar-refractivity contribution in [3.05, 3.63) is 77.6 Å². The summed E-state index contributed by atoms with van der Waals surface area (Å²) in [6, 6.07) is 19.9. The topological polar surface area (TPSA) is 30.2 Å². The Morgan fingerprint density at radius 3 is 2.32 bits per heavy atom. The molecule has 0 bridgehead atoms. The van der Waals surface area contributed by atoms with Crippen LogP contribution in [0.5, 0.6) is 0 Å². The van der Waals surface area contributed by atoms with E-state index in [-0.39, 0.29) is 0 Å². The lowest BCUT2D eigenvalue weighted by molar-refractivity contribution is 0.930. The molecule has 138 valence electrons. The molecule has 2 heterocycles. The maximum Gasteiger partial charge on any atom is 0.157 e. The molecule has 0 spiro atoms. The summed E-state index contributed by atoms with van der Waals surface area (Å²) >= 11 is 6.07. The Kier molecular flexibility index (Phi) is 4.80. The van der Waals surface area contributed by atoms with Crippen LogP contribution in [0.2, 0.25) is 24.7 Å². The van der Waals surface area contributed by atoms with Crippen molar-refractivity contribution >= 4 is 25.3 Å². The van der Waals surface area contributed by atoms with Crippen LogP contribution in [0.25, 0.3) is 28.0 Å². The molecule has 4 rings (SSSR count). The minimum absolute atomic E-state index is 0.706. The maximum atomic E-state index is 6.07. The molecule has 0 atom stereocenters. The molecule has 5 heteroatoms. The molecule has 3 nitrogen and oxygen atoms in total. The third kappa shape index (κ3) is 3.86. The van der Waals surface area contributed by atoms with Crippen molar-refractivity contribution in [2.75, 3.05) is 0 Å². The molecular formula is C23H20ClN3Si. The van der Waals surface area contributed by atoms with Gasteiger partial charge in [-0.1, -0.05) is 79.6 Å². The summed E-state index contributed by atoms with van der Waals surface area (Å²) in [6.45, 7) is 6.70. The smallest absolute Gasteiger partial charge is 0.157 e. The van der Waals surface area contributed by atoms with E-state index in [2.05, 4.69) is 48.2 Å². The fourth-order valence-corrected chi connectivity index (χ4v) is 3.51. The SMILES string of the molecule is C[Si](C)(C)C#Cc1c(-c2ccc(Cl)cc2)cnc2cc(-c3ccccc3)nn12. The van der Waals surface area contributed by atoms with Gasteiger partial charge in [0.1, 0.15) is 13.8 Å². The highest BCUT2D eigenvalue weighted by Gasteiger charge is 2.14. The second-order valence-corrected chi connectivity index (χ2v) is 12.9. The van der Waals surface area contributed by atoms with Gasteiger partial charge in [0.2, 0.25) is 0 Å². The summed E-state index contributed by atoms with van der Waals surface area (Å²) in [4.78, 5) is 4.64. The minimum atomic E-state index is -1.56. The first-order chi connectivity index (χ1) is 13.4. The molecule has 0 saturated carbocycles. The molecule has 2 aromatic heterocycles. The van der Waals surface area contributed by atoms with E-state index in [1.54, 1.807) is 0 Å². The Balaban J connectivity index is 1.96. The number of fused-ring (bicyclic) bond motifs is 1. The predicted octanol–water partition coefficient (Wildman–Crippen LogP) is 5.95. The van der Waals surface area contributed by atoms with Crippen LogP contribution in [0.4, 0.5) is 0 Å². The van der Waals surface area contributed by atoms with Crippen LogP contribution in [-0.4, -0.2) is 22.7 Å². The Hall–Kier alpha value is -2.87. The molecule has 0 aliphatic carbocycles. The van der Waals surface area contributed by atoms with Gasteiger partial charge in [-0.3, -0.25) is 0 Å². The quantitative estimate of drug-likeness (QED) is 0.307. The van der Waals surface area contributed by atoms with Gasteiger partial charge in [0.05, 0.1) is 5.69 Å². The molecule has 0 amide bonds. The van der Waals surface area contributed by atoms with E-state index in [0.717, 1.165) is 33.7 Å². The van der Waals surface area contributed by atoms with Crippen LogP contribution >= 0.6 is 11.6 Å².